The average molecular weight is 567 g/mol. The third-order valence-corrected chi connectivity index (χ3v) is 13.0. The molecular formula is C35H54N2O4. The lowest BCUT2D eigenvalue weighted by Crippen LogP contribution is -2.59. The van der Waals surface area contributed by atoms with Crippen LogP contribution in [0.4, 0.5) is 0 Å². The first-order valence-electron chi connectivity index (χ1n) is 16.5. The van der Waals surface area contributed by atoms with Gasteiger partial charge in [-0.3, -0.25) is 4.79 Å². The number of phenols is 1. The number of hydrogen-bond acceptors (Lipinski definition) is 4. The van der Waals surface area contributed by atoms with Crippen molar-refractivity contribution < 1.29 is 19.8 Å². The number of carboxylic acids is 1. The van der Waals surface area contributed by atoms with Gasteiger partial charge in [-0.1, -0.05) is 52.7 Å². The van der Waals surface area contributed by atoms with E-state index in [1.54, 1.807) is 29.2 Å². The second kappa shape index (κ2) is 11.9. The Morgan fingerprint density at radius 2 is 1.68 bits per heavy atom. The molecule has 0 aliphatic heterocycles. The number of rotatable bonds is 9. The molecule has 6 nitrogen and oxygen atoms in total. The fourth-order valence-electron chi connectivity index (χ4n) is 11.0. The summed E-state index contributed by atoms with van der Waals surface area (Å²) >= 11 is 0. The van der Waals surface area contributed by atoms with Gasteiger partial charge in [0.25, 0.3) is 0 Å². The second-order valence-electron chi connectivity index (χ2n) is 14.8. The van der Waals surface area contributed by atoms with Crippen LogP contribution in [0.1, 0.15) is 104 Å². The van der Waals surface area contributed by atoms with Crippen LogP contribution in [-0.2, 0) is 16.0 Å². The predicted octanol–water partition coefficient (Wildman–Crippen LogP) is 6.64. The van der Waals surface area contributed by atoms with Gasteiger partial charge < -0.3 is 20.8 Å². The van der Waals surface area contributed by atoms with Crippen molar-refractivity contribution in [2.45, 2.75) is 117 Å². The normalized spacial score (nSPS) is 37.8. The summed E-state index contributed by atoms with van der Waals surface area (Å²) in [6.07, 6.45) is 13.6. The van der Waals surface area contributed by atoms with Gasteiger partial charge in [0.1, 0.15) is 11.8 Å². The first-order chi connectivity index (χ1) is 19.5. The quantitative estimate of drug-likeness (QED) is 0.311. The molecular weight excluding hydrogens is 512 g/mol. The summed E-state index contributed by atoms with van der Waals surface area (Å²) in [4.78, 5) is 27.5. The van der Waals surface area contributed by atoms with Crippen LogP contribution in [0.15, 0.2) is 24.3 Å². The highest BCUT2D eigenvalue weighted by Gasteiger charge is 2.61. The molecule has 0 saturated heterocycles. The number of nitrogens with two attached hydrogens (primary N) is 1. The summed E-state index contributed by atoms with van der Waals surface area (Å²) in [6.45, 7) is 9.84. The molecule has 6 heteroatoms. The molecule has 4 saturated carbocycles. The van der Waals surface area contributed by atoms with Crippen LogP contribution in [0.3, 0.4) is 0 Å². The number of aliphatic carboxylic acids is 1. The highest BCUT2D eigenvalue weighted by molar-refractivity contribution is 5.85. The average Bonchev–Trinajstić information content (AvgIpc) is 3.31. The van der Waals surface area contributed by atoms with Crippen molar-refractivity contribution >= 4 is 11.9 Å². The Morgan fingerprint density at radius 3 is 2.34 bits per heavy atom. The Balaban J connectivity index is 1.34. The van der Waals surface area contributed by atoms with E-state index < -0.39 is 12.0 Å². The molecule has 5 rings (SSSR count). The van der Waals surface area contributed by atoms with Crippen molar-refractivity contribution in [2.75, 3.05) is 6.54 Å². The number of hydrogen-bond donors (Lipinski definition) is 3. The molecule has 4 aliphatic carbocycles. The van der Waals surface area contributed by atoms with Crippen molar-refractivity contribution in [2.24, 2.45) is 52.1 Å². The number of benzene rings is 1. The first-order valence-corrected chi connectivity index (χ1v) is 16.5. The van der Waals surface area contributed by atoms with E-state index in [4.69, 9.17) is 5.73 Å². The van der Waals surface area contributed by atoms with Gasteiger partial charge in [0, 0.05) is 12.5 Å². The highest BCUT2D eigenvalue weighted by Crippen LogP contribution is 2.68. The van der Waals surface area contributed by atoms with Gasteiger partial charge in [-0.15, -0.1) is 0 Å². The minimum Gasteiger partial charge on any atom is -0.508 e. The Labute approximate surface area is 247 Å². The highest BCUT2D eigenvalue weighted by atomic mass is 16.4. The Hall–Kier alpha value is -2.08. The number of aromatic hydroxyl groups is 1. The number of amides is 1. The molecule has 10 atom stereocenters. The fourth-order valence-corrected chi connectivity index (χ4v) is 11.0. The molecule has 0 spiro atoms. The van der Waals surface area contributed by atoms with Crippen LogP contribution < -0.4 is 5.73 Å². The van der Waals surface area contributed by atoms with Gasteiger partial charge >= 0.3 is 5.97 Å². The molecule has 0 aromatic heterocycles. The number of carboxylic acid groups (broad SMARTS) is 1. The number of phenolic OH excluding ortho intramolecular Hbond substituents is 1. The summed E-state index contributed by atoms with van der Waals surface area (Å²) in [7, 11) is 0. The van der Waals surface area contributed by atoms with Crippen molar-refractivity contribution in [1.82, 2.24) is 4.90 Å². The summed E-state index contributed by atoms with van der Waals surface area (Å²) in [5, 5.41) is 20.0. The Kier molecular flexibility index (Phi) is 8.81. The molecule has 0 heterocycles. The summed E-state index contributed by atoms with van der Waals surface area (Å²) in [5.74, 6) is 3.49. The van der Waals surface area contributed by atoms with E-state index in [2.05, 4.69) is 27.7 Å². The molecule has 5 unspecified atom stereocenters. The lowest BCUT2D eigenvalue weighted by atomic mass is 9.44. The molecule has 41 heavy (non-hydrogen) atoms. The molecule has 0 radical (unpaired) electrons. The molecule has 4 N–H and O–H groups in total. The van der Waals surface area contributed by atoms with Gasteiger partial charge in [0.15, 0.2) is 0 Å². The molecule has 1 amide bonds. The summed E-state index contributed by atoms with van der Waals surface area (Å²) in [5.41, 5.74) is 7.42. The smallest absolute Gasteiger partial charge is 0.326 e. The monoisotopic (exact) mass is 566 g/mol. The molecule has 4 aliphatic rings. The minimum absolute atomic E-state index is 0.0986. The fraction of sp³-hybridized carbons (Fsp3) is 0.771. The molecule has 1 aromatic rings. The van der Waals surface area contributed by atoms with Crippen LogP contribution >= 0.6 is 0 Å². The standard InChI is InChI=1S/C35H54N2O4/c1-5-6-22(2)28-13-14-29-27-12-9-24-20-25(15-17-34(24,3)30(27)16-18-35(28,29)4)37(32(39)21-36)31(33(40)41)19-23-7-10-26(38)11-8-23/h7-8,10-11,22,24-25,27-31,38H,5-6,9,12-21,36H2,1-4H3,(H,40,41)/t22-,24?,25?,27?,28-,29?,30?,31+,34+,35-/m1/s1. The third kappa shape index (κ3) is 5.43. The van der Waals surface area contributed by atoms with E-state index in [1.165, 1.54) is 51.4 Å². The van der Waals surface area contributed by atoms with Crippen molar-refractivity contribution in [3.05, 3.63) is 29.8 Å². The van der Waals surface area contributed by atoms with Crippen LogP contribution in [0.25, 0.3) is 0 Å². The zero-order valence-electron chi connectivity index (χ0n) is 25.9. The van der Waals surface area contributed by atoms with Gasteiger partial charge in [0.05, 0.1) is 6.54 Å². The van der Waals surface area contributed by atoms with Crippen LogP contribution in [0.2, 0.25) is 0 Å². The second-order valence-corrected chi connectivity index (χ2v) is 14.8. The number of carbonyl (C=O) groups is 2. The van der Waals surface area contributed by atoms with E-state index in [-0.39, 0.29) is 36.1 Å². The van der Waals surface area contributed by atoms with E-state index in [9.17, 15) is 19.8 Å². The molecule has 228 valence electrons. The molecule has 1 aromatic carbocycles. The maximum Gasteiger partial charge on any atom is 0.326 e. The first kappa shape index (κ1) is 30.4. The maximum absolute atomic E-state index is 13.3. The summed E-state index contributed by atoms with van der Waals surface area (Å²) < 4.78 is 0. The number of fused-ring (bicyclic) bond motifs is 5. The third-order valence-electron chi connectivity index (χ3n) is 13.0. The minimum atomic E-state index is -0.989. The topological polar surface area (TPSA) is 104 Å². The molecule has 0 bridgehead atoms. The van der Waals surface area contributed by atoms with Crippen LogP contribution in [0.5, 0.6) is 5.75 Å². The number of nitrogens with zero attached hydrogens (tertiary/aromatic N) is 1. The van der Waals surface area contributed by atoms with Gasteiger partial charge in [-0.05, 0) is 122 Å². The summed E-state index contributed by atoms with van der Waals surface area (Å²) in [6, 6.07) is 5.56. The molecule has 4 fully saturated rings. The van der Waals surface area contributed by atoms with E-state index in [0.29, 0.717) is 11.3 Å². The number of carbonyl (C=O) groups excluding carboxylic acids is 1. The largest absolute Gasteiger partial charge is 0.508 e. The van der Waals surface area contributed by atoms with Crippen molar-refractivity contribution in [1.29, 1.82) is 0 Å². The van der Waals surface area contributed by atoms with E-state index in [0.717, 1.165) is 54.4 Å². The SMILES string of the molecule is CCC[C@@H](C)[C@H]1CCC2C3CCC4CC(N(C(=O)CN)[C@@H](Cc5ccc(O)cc5)C(=O)O)CC[C@]4(C)C3CC[C@@]21C. The lowest BCUT2D eigenvalue weighted by Gasteiger charge is -2.62. The van der Waals surface area contributed by atoms with E-state index in [1.807, 2.05) is 0 Å². The maximum atomic E-state index is 13.3. The van der Waals surface area contributed by atoms with Gasteiger partial charge in [-0.25, -0.2) is 4.79 Å². The van der Waals surface area contributed by atoms with Crippen LogP contribution in [-0.4, -0.2) is 45.6 Å². The Bertz CT molecular complexity index is 1090. The predicted molar refractivity (Wildman–Crippen MR) is 162 cm³/mol. The zero-order chi connectivity index (χ0) is 29.5. The van der Waals surface area contributed by atoms with E-state index >= 15 is 0 Å². The zero-order valence-corrected chi connectivity index (χ0v) is 25.9. The van der Waals surface area contributed by atoms with Gasteiger partial charge in [0.2, 0.25) is 5.91 Å². The van der Waals surface area contributed by atoms with Crippen LogP contribution in [0, 0.1) is 46.3 Å². The van der Waals surface area contributed by atoms with Gasteiger partial charge in [-0.2, -0.15) is 0 Å². The van der Waals surface area contributed by atoms with Crippen molar-refractivity contribution in [3.63, 3.8) is 0 Å². The lowest BCUT2D eigenvalue weighted by molar-refractivity contribution is -0.157. The van der Waals surface area contributed by atoms with Crippen molar-refractivity contribution in [3.8, 4) is 5.75 Å². The Morgan fingerprint density at radius 1 is 1.00 bits per heavy atom.